The van der Waals surface area contributed by atoms with Crippen LogP contribution in [0.15, 0.2) is 73.3 Å². The number of hydrogen-bond acceptors (Lipinski definition) is 8. The minimum Gasteiger partial charge on any atom is -0.337 e. The summed E-state index contributed by atoms with van der Waals surface area (Å²) in [5.41, 5.74) is 2.96. The van der Waals surface area contributed by atoms with Gasteiger partial charge in [0.1, 0.15) is 12.1 Å². The van der Waals surface area contributed by atoms with Gasteiger partial charge in [0, 0.05) is 50.2 Å². The normalized spacial score (nSPS) is 14.6. The summed E-state index contributed by atoms with van der Waals surface area (Å²) in [6.45, 7) is 5.11. The number of rotatable bonds is 6. The van der Waals surface area contributed by atoms with E-state index >= 15 is 0 Å². The van der Waals surface area contributed by atoms with Gasteiger partial charge < -0.3 is 15.1 Å². The molecule has 0 aliphatic carbocycles. The lowest BCUT2D eigenvalue weighted by Crippen LogP contribution is -2.47. The first-order valence-corrected chi connectivity index (χ1v) is 11.2. The molecule has 3 heterocycles. The minimum atomic E-state index is -0.234. The molecule has 172 valence electrons. The van der Waals surface area contributed by atoms with E-state index in [-0.39, 0.29) is 11.7 Å². The molecular weight excluding hydrogens is 431 g/mol. The highest BCUT2D eigenvalue weighted by atomic mass is 19.1. The molecule has 2 aromatic carbocycles. The van der Waals surface area contributed by atoms with Gasteiger partial charge in [-0.05, 0) is 35.4 Å². The molecule has 34 heavy (non-hydrogen) atoms. The van der Waals surface area contributed by atoms with E-state index in [2.05, 4.69) is 47.0 Å². The molecule has 1 saturated heterocycles. The lowest BCUT2D eigenvalue weighted by Gasteiger charge is -2.34. The maximum atomic E-state index is 13.2. The number of nitrogens with zero attached hydrogens (tertiary/aromatic N) is 7. The molecule has 1 aliphatic heterocycles. The Hall–Kier alpha value is -4.14. The first-order valence-electron chi connectivity index (χ1n) is 11.2. The Labute approximate surface area is 197 Å². The molecule has 1 atom stereocenters. The number of piperazine rings is 1. The largest absolute Gasteiger partial charge is 0.337 e. The zero-order chi connectivity index (χ0) is 23.3. The van der Waals surface area contributed by atoms with E-state index in [0.717, 1.165) is 43.0 Å². The van der Waals surface area contributed by atoms with Crippen LogP contribution in [0.5, 0.6) is 0 Å². The quantitative estimate of drug-likeness (QED) is 0.466. The first kappa shape index (κ1) is 21.7. The average molecular weight is 457 g/mol. The van der Waals surface area contributed by atoms with E-state index in [1.54, 1.807) is 12.1 Å². The second-order valence-electron chi connectivity index (χ2n) is 8.16. The fourth-order valence-electron chi connectivity index (χ4n) is 3.92. The van der Waals surface area contributed by atoms with Crippen LogP contribution >= 0.6 is 0 Å². The topological polar surface area (TPSA) is 83.0 Å². The van der Waals surface area contributed by atoms with Gasteiger partial charge in [-0.1, -0.05) is 37.3 Å². The zero-order valence-electron chi connectivity index (χ0n) is 18.8. The number of anilines is 4. The lowest BCUT2D eigenvalue weighted by molar-refractivity contribution is 0.625. The fraction of sp³-hybridized carbons (Fsp3) is 0.240. The monoisotopic (exact) mass is 456 g/mol. The van der Waals surface area contributed by atoms with E-state index < -0.39 is 0 Å². The Kier molecular flexibility index (Phi) is 6.24. The van der Waals surface area contributed by atoms with Crippen molar-refractivity contribution in [3.63, 3.8) is 0 Å². The second kappa shape index (κ2) is 9.78. The van der Waals surface area contributed by atoms with Crippen LogP contribution in [0.3, 0.4) is 0 Å². The number of nitrogens with one attached hydrogen (secondary N) is 1. The van der Waals surface area contributed by atoms with Gasteiger partial charge in [-0.15, -0.1) is 0 Å². The highest BCUT2D eigenvalue weighted by molar-refractivity contribution is 5.53. The summed E-state index contributed by atoms with van der Waals surface area (Å²) in [5.74, 6) is 1.73. The van der Waals surface area contributed by atoms with Crippen molar-refractivity contribution in [3.05, 3.63) is 90.3 Å². The molecule has 0 bridgehead atoms. The highest BCUT2D eigenvalue weighted by Gasteiger charge is 2.21. The molecular formula is C25H25FN8. The van der Waals surface area contributed by atoms with Gasteiger partial charge in [0.05, 0.1) is 0 Å². The summed E-state index contributed by atoms with van der Waals surface area (Å²) in [6, 6.07) is 16.4. The van der Waals surface area contributed by atoms with Gasteiger partial charge in [0.15, 0.2) is 0 Å². The number of para-hydroxylation sites is 1. The van der Waals surface area contributed by atoms with Gasteiger partial charge in [0.25, 0.3) is 0 Å². The molecule has 0 radical (unpaired) electrons. The molecule has 9 heteroatoms. The third-order valence-electron chi connectivity index (χ3n) is 5.96. The Morgan fingerprint density at radius 2 is 1.41 bits per heavy atom. The Morgan fingerprint density at radius 3 is 2.09 bits per heavy atom. The third-order valence-corrected chi connectivity index (χ3v) is 5.96. The molecule has 2 aromatic heterocycles. The lowest BCUT2D eigenvalue weighted by atomic mass is 9.95. The number of hydrogen-bond donors (Lipinski definition) is 1. The van der Waals surface area contributed by atoms with Gasteiger partial charge in [-0.2, -0.15) is 4.98 Å². The molecule has 5 rings (SSSR count). The van der Waals surface area contributed by atoms with E-state index in [9.17, 15) is 4.39 Å². The van der Waals surface area contributed by atoms with Crippen LogP contribution in [0.4, 0.5) is 27.9 Å². The highest BCUT2D eigenvalue weighted by Crippen LogP contribution is 2.24. The van der Waals surface area contributed by atoms with Crippen LogP contribution in [0, 0.1) is 5.82 Å². The van der Waals surface area contributed by atoms with Crippen LogP contribution in [0.2, 0.25) is 0 Å². The summed E-state index contributed by atoms with van der Waals surface area (Å²) in [6.07, 6.45) is 5.25. The van der Waals surface area contributed by atoms with Crippen molar-refractivity contribution in [3.8, 4) is 0 Å². The third kappa shape index (κ3) is 4.93. The Morgan fingerprint density at radius 1 is 0.765 bits per heavy atom. The van der Waals surface area contributed by atoms with E-state index in [1.165, 1.54) is 18.5 Å². The smallest absolute Gasteiger partial charge is 0.231 e. The predicted octanol–water partition coefficient (Wildman–Crippen LogP) is 4.02. The molecule has 8 nitrogen and oxygen atoms in total. The molecule has 0 amide bonds. The summed E-state index contributed by atoms with van der Waals surface area (Å²) < 4.78 is 13.2. The van der Waals surface area contributed by atoms with Gasteiger partial charge in [0.2, 0.25) is 17.8 Å². The summed E-state index contributed by atoms with van der Waals surface area (Å²) in [7, 11) is 0. The van der Waals surface area contributed by atoms with Crippen molar-refractivity contribution in [2.75, 3.05) is 41.3 Å². The Bertz CT molecular complexity index is 1210. The van der Waals surface area contributed by atoms with Crippen molar-refractivity contribution >= 4 is 23.5 Å². The van der Waals surface area contributed by atoms with Crippen LogP contribution in [-0.4, -0.2) is 51.1 Å². The van der Waals surface area contributed by atoms with Crippen LogP contribution in [0.25, 0.3) is 0 Å². The van der Waals surface area contributed by atoms with Crippen molar-refractivity contribution in [1.29, 1.82) is 0 Å². The standard InChI is InChI=1S/C25H25FN8/c1-18(19-7-9-21(26)10-8-19)20-15-27-24(28-16-20)33-11-13-34(14-12-33)25-30-17-29-23(32-25)31-22-5-3-2-4-6-22/h2-10,15-18H,11-14H2,1H3,(H,29,30,31,32). The molecule has 0 spiro atoms. The summed E-state index contributed by atoms with van der Waals surface area (Å²) >= 11 is 0. The van der Waals surface area contributed by atoms with E-state index in [0.29, 0.717) is 17.8 Å². The maximum absolute atomic E-state index is 13.2. The summed E-state index contributed by atoms with van der Waals surface area (Å²) in [4.78, 5) is 26.7. The molecule has 1 N–H and O–H groups in total. The SMILES string of the molecule is CC(c1ccc(F)cc1)c1cnc(N2CCN(c3ncnc(Nc4ccccc4)n3)CC2)nc1. The predicted molar refractivity (Wildman–Crippen MR) is 130 cm³/mol. The van der Waals surface area contributed by atoms with Crippen LogP contribution in [0.1, 0.15) is 24.0 Å². The van der Waals surface area contributed by atoms with Crippen molar-refractivity contribution in [2.24, 2.45) is 0 Å². The van der Waals surface area contributed by atoms with Crippen molar-refractivity contribution < 1.29 is 4.39 Å². The molecule has 4 aromatic rings. The Balaban J connectivity index is 1.20. The minimum absolute atomic E-state index is 0.0917. The number of benzene rings is 2. The average Bonchev–Trinajstić information content (AvgIpc) is 2.90. The van der Waals surface area contributed by atoms with Crippen molar-refractivity contribution in [2.45, 2.75) is 12.8 Å². The zero-order valence-corrected chi connectivity index (χ0v) is 18.8. The molecule has 1 fully saturated rings. The maximum Gasteiger partial charge on any atom is 0.231 e. The second-order valence-corrected chi connectivity index (χ2v) is 8.16. The first-order chi connectivity index (χ1) is 16.7. The van der Waals surface area contributed by atoms with Crippen LogP contribution < -0.4 is 15.1 Å². The van der Waals surface area contributed by atoms with E-state index in [1.807, 2.05) is 42.7 Å². The van der Waals surface area contributed by atoms with Gasteiger partial charge >= 0.3 is 0 Å². The van der Waals surface area contributed by atoms with Gasteiger partial charge in [-0.25, -0.2) is 24.3 Å². The molecule has 1 unspecified atom stereocenters. The fourth-order valence-corrected chi connectivity index (χ4v) is 3.92. The summed E-state index contributed by atoms with van der Waals surface area (Å²) in [5, 5.41) is 3.21. The number of aromatic nitrogens is 5. The molecule has 0 saturated carbocycles. The van der Waals surface area contributed by atoms with Gasteiger partial charge in [-0.3, -0.25) is 0 Å². The number of halogens is 1. The van der Waals surface area contributed by atoms with E-state index in [4.69, 9.17) is 0 Å². The molecule has 1 aliphatic rings. The van der Waals surface area contributed by atoms with Crippen LogP contribution in [-0.2, 0) is 0 Å². The van der Waals surface area contributed by atoms with Crippen molar-refractivity contribution in [1.82, 2.24) is 24.9 Å².